The van der Waals surface area contributed by atoms with Gasteiger partial charge in [0.1, 0.15) is 0 Å². The third-order valence-corrected chi connectivity index (χ3v) is 0.883. The summed E-state index contributed by atoms with van der Waals surface area (Å²) in [5.41, 5.74) is 0. The van der Waals surface area contributed by atoms with Crippen LogP contribution < -0.4 is 5.32 Å². The molecule has 0 fully saturated rings. The lowest BCUT2D eigenvalue weighted by molar-refractivity contribution is 0.174. The Morgan fingerprint density at radius 3 is 2.75 bits per heavy atom. The van der Waals surface area contributed by atoms with Gasteiger partial charge >= 0.3 is 0 Å². The maximum absolute atomic E-state index is 5.19. The first-order valence-electron chi connectivity index (χ1n) is 2.73. The molecule has 1 atom stereocenters. The van der Waals surface area contributed by atoms with Crippen LogP contribution in [0.1, 0.15) is 6.92 Å². The summed E-state index contributed by atoms with van der Waals surface area (Å²) >= 11 is 0. The van der Waals surface area contributed by atoms with E-state index in [1.807, 2.05) is 6.92 Å². The second-order valence-corrected chi connectivity index (χ2v) is 1.76. The Morgan fingerprint density at radius 2 is 2.38 bits per heavy atom. The predicted octanol–water partition coefficient (Wildman–Crippen LogP) is 0.322. The van der Waals surface area contributed by atoms with E-state index in [0.717, 1.165) is 6.61 Å². The number of rotatable bonds is 4. The lowest BCUT2D eigenvalue weighted by atomic mass is 10.4. The van der Waals surface area contributed by atoms with E-state index < -0.39 is 0 Å². The van der Waals surface area contributed by atoms with Crippen molar-refractivity contribution in [2.24, 2.45) is 0 Å². The van der Waals surface area contributed by atoms with Gasteiger partial charge < -0.3 is 10.1 Å². The number of hydrogen-bond donors (Lipinski definition) is 1. The number of ether oxygens (including phenoxy) is 1. The van der Waals surface area contributed by atoms with Gasteiger partial charge in [-0.2, -0.15) is 0 Å². The number of methoxy groups -OCH3 is 1. The van der Waals surface area contributed by atoms with Gasteiger partial charge in [-0.3, -0.25) is 0 Å². The largest absolute Gasteiger partial charge is 0.383 e. The van der Waals surface area contributed by atoms with Crippen LogP contribution in [0.4, 0.5) is 0 Å². The summed E-state index contributed by atoms with van der Waals surface area (Å²) in [6.45, 7) is 8.46. The zero-order valence-electron chi connectivity index (χ0n) is 5.48. The quantitative estimate of drug-likeness (QED) is 0.570. The number of hydrogen-bond acceptors (Lipinski definition) is 2. The highest BCUT2D eigenvalue weighted by Crippen LogP contribution is 1.78. The van der Waals surface area contributed by atoms with E-state index >= 15 is 0 Å². The summed E-state index contributed by atoms with van der Waals surface area (Å²) < 4.78 is 4.84. The van der Waals surface area contributed by atoms with Crippen LogP contribution in [0.5, 0.6) is 0 Å². The molecule has 0 aromatic rings. The van der Waals surface area contributed by atoms with Crippen LogP contribution >= 0.6 is 0 Å². The van der Waals surface area contributed by atoms with Gasteiger partial charge in [0.15, 0.2) is 0 Å². The minimum atomic E-state index is 0.366. The standard InChI is InChI=1S/C6H13NO/c1-4-7-6(2)5-8-3/h1,6-7H,4-5H2,2-3H3. The molecule has 0 amide bonds. The molecule has 0 aliphatic carbocycles. The highest BCUT2D eigenvalue weighted by molar-refractivity contribution is 4.58. The van der Waals surface area contributed by atoms with Crippen molar-refractivity contribution in [2.75, 3.05) is 20.3 Å². The molecule has 0 aromatic heterocycles. The van der Waals surface area contributed by atoms with E-state index in [0.29, 0.717) is 12.6 Å². The second-order valence-electron chi connectivity index (χ2n) is 1.76. The molecular weight excluding hydrogens is 102 g/mol. The summed E-state index contributed by atoms with van der Waals surface area (Å²) in [5.74, 6) is 0. The minimum absolute atomic E-state index is 0.366. The van der Waals surface area contributed by atoms with E-state index in [9.17, 15) is 0 Å². The lowest BCUT2D eigenvalue weighted by Gasteiger charge is -2.08. The molecule has 2 radical (unpaired) electrons. The Balaban J connectivity index is 2.92. The molecule has 8 heavy (non-hydrogen) atoms. The maximum atomic E-state index is 5.19. The van der Waals surface area contributed by atoms with Gasteiger partial charge in [0.25, 0.3) is 0 Å². The van der Waals surface area contributed by atoms with Gasteiger partial charge in [0, 0.05) is 13.2 Å². The van der Waals surface area contributed by atoms with Crippen LogP contribution in [0.2, 0.25) is 0 Å². The Morgan fingerprint density at radius 1 is 1.75 bits per heavy atom. The van der Waals surface area contributed by atoms with Crippen LogP contribution in [0.15, 0.2) is 0 Å². The molecule has 0 saturated heterocycles. The zero-order chi connectivity index (χ0) is 6.41. The van der Waals surface area contributed by atoms with Crippen molar-refractivity contribution in [3.8, 4) is 0 Å². The summed E-state index contributed by atoms with van der Waals surface area (Å²) in [5, 5.41) is 3.00. The van der Waals surface area contributed by atoms with Crippen molar-refractivity contribution in [1.82, 2.24) is 5.32 Å². The van der Waals surface area contributed by atoms with Crippen molar-refractivity contribution in [2.45, 2.75) is 13.0 Å². The maximum Gasteiger partial charge on any atom is 0.0613 e. The van der Waals surface area contributed by atoms with Crippen LogP contribution in [-0.4, -0.2) is 26.3 Å². The van der Waals surface area contributed by atoms with Gasteiger partial charge in [0.05, 0.1) is 6.61 Å². The molecule has 0 spiro atoms. The first-order valence-corrected chi connectivity index (χ1v) is 2.73. The Kier molecular flexibility index (Phi) is 5.01. The first-order chi connectivity index (χ1) is 3.81. The van der Waals surface area contributed by atoms with Gasteiger partial charge in [-0.25, -0.2) is 0 Å². The Labute approximate surface area is 51.2 Å². The van der Waals surface area contributed by atoms with Gasteiger partial charge in [-0.15, -0.1) is 0 Å². The van der Waals surface area contributed by atoms with E-state index in [2.05, 4.69) is 5.32 Å². The van der Waals surface area contributed by atoms with Gasteiger partial charge in [-0.1, -0.05) is 0 Å². The molecule has 0 heterocycles. The van der Waals surface area contributed by atoms with Crippen LogP contribution in [0.3, 0.4) is 0 Å². The summed E-state index contributed by atoms with van der Waals surface area (Å²) in [7, 11) is 1.68. The van der Waals surface area contributed by atoms with E-state index in [1.54, 1.807) is 7.11 Å². The highest BCUT2D eigenvalue weighted by Gasteiger charge is 1.94. The SMILES string of the molecule is [CH]CNC(C)COC. The molecule has 0 rings (SSSR count). The Hall–Kier alpha value is -0.0800. The molecule has 2 heteroatoms. The molecule has 0 aromatic carbocycles. The minimum Gasteiger partial charge on any atom is -0.383 e. The molecule has 1 N–H and O–H groups in total. The summed E-state index contributed by atoms with van der Waals surface area (Å²) in [4.78, 5) is 0. The van der Waals surface area contributed by atoms with Crippen molar-refractivity contribution in [1.29, 1.82) is 0 Å². The molecule has 2 nitrogen and oxygen atoms in total. The molecule has 0 saturated carbocycles. The molecular formula is C6H13NO. The van der Waals surface area contributed by atoms with E-state index in [-0.39, 0.29) is 0 Å². The smallest absolute Gasteiger partial charge is 0.0613 e. The monoisotopic (exact) mass is 115 g/mol. The average molecular weight is 115 g/mol. The predicted molar refractivity (Wildman–Crippen MR) is 33.6 cm³/mol. The van der Waals surface area contributed by atoms with Crippen LogP contribution in [-0.2, 0) is 4.74 Å². The summed E-state index contributed by atoms with van der Waals surface area (Å²) in [6.07, 6.45) is 0. The van der Waals surface area contributed by atoms with Crippen LogP contribution in [0.25, 0.3) is 0 Å². The fourth-order valence-corrected chi connectivity index (χ4v) is 0.510. The molecule has 0 bridgehead atoms. The van der Waals surface area contributed by atoms with Gasteiger partial charge in [0.2, 0.25) is 0 Å². The molecule has 48 valence electrons. The fourth-order valence-electron chi connectivity index (χ4n) is 0.510. The van der Waals surface area contributed by atoms with E-state index in [1.165, 1.54) is 0 Å². The summed E-state index contributed by atoms with van der Waals surface area (Å²) in [6, 6.07) is 0.366. The van der Waals surface area contributed by atoms with Crippen molar-refractivity contribution in [3.63, 3.8) is 0 Å². The molecule has 1 unspecified atom stereocenters. The molecule has 0 aliphatic rings. The van der Waals surface area contributed by atoms with Gasteiger partial charge in [-0.05, 0) is 20.4 Å². The average Bonchev–Trinajstić information content (AvgIpc) is 1.68. The third-order valence-electron chi connectivity index (χ3n) is 0.883. The normalized spacial score (nSPS) is 13.9. The fraction of sp³-hybridized carbons (Fsp3) is 0.833. The number of nitrogens with one attached hydrogen (secondary N) is 1. The van der Waals surface area contributed by atoms with E-state index in [4.69, 9.17) is 11.7 Å². The van der Waals surface area contributed by atoms with Crippen molar-refractivity contribution in [3.05, 3.63) is 6.92 Å². The Bertz CT molecular complexity index is 41.8. The highest BCUT2D eigenvalue weighted by atomic mass is 16.5. The first kappa shape index (κ1) is 7.92. The topological polar surface area (TPSA) is 21.3 Å². The van der Waals surface area contributed by atoms with Crippen LogP contribution in [0, 0.1) is 6.92 Å². The van der Waals surface area contributed by atoms with Crippen molar-refractivity contribution < 1.29 is 4.74 Å². The second kappa shape index (κ2) is 5.06. The lowest BCUT2D eigenvalue weighted by Crippen LogP contribution is -2.29. The zero-order valence-corrected chi connectivity index (χ0v) is 5.48. The molecule has 0 aliphatic heterocycles. The van der Waals surface area contributed by atoms with Crippen molar-refractivity contribution >= 4 is 0 Å². The third kappa shape index (κ3) is 4.09.